The third-order valence-corrected chi connectivity index (χ3v) is 3.53. The Morgan fingerprint density at radius 3 is 2.78 bits per heavy atom. The summed E-state index contributed by atoms with van der Waals surface area (Å²) in [5.41, 5.74) is 8.82. The Morgan fingerprint density at radius 2 is 2.17 bits per heavy atom. The van der Waals surface area contributed by atoms with Crippen molar-refractivity contribution in [3.05, 3.63) is 42.1 Å². The molecule has 0 saturated heterocycles. The van der Waals surface area contributed by atoms with Crippen molar-refractivity contribution < 1.29 is 0 Å². The lowest BCUT2D eigenvalue weighted by atomic mass is 10.1. The van der Waals surface area contributed by atoms with Gasteiger partial charge in [-0.25, -0.2) is 9.97 Å². The molecule has 4 nitrogen and oxygen atoms in total. The maximum Gasteiger partial charge on any atom is 0.136 e. The van der Waals surface area contributed by atoms with E-state index in [1.165, 1.54) is 0 Å². The molecule has 0 bridgehead atoms. The zero-order valence-corrected chi connectivity index (χ0v) is 10.4. The standard InChI is InChI=1S/C14H16N4/c1-10-7-12(11-3-2-6-16-8-11)18-13(17-10)14(9-15)4-5-14/h2-3,6-8H,4-5,9,15H2,1H3. The summed E-state index contributed by atoms with van der Waals surface area (Å²) in [6.45, 7) is 2.63. The average molecular weight is 240 g/mol. The van der Waals surface area contributed by atoms with Gasteiger partial charge in [0.2, 0.25) is 0 Å². The number of pyridine rings is 1. The van der Waals surface area contributed by atoms with E-state index in [1.54, 1.807) is 6.20 Å². The predicted molar refractivity (Wildman–Crippen MR) is 70.0 cm³/mol. The van der Waals surface area contributed by atoms with Gasteiger partial charge in [0, 0.05) is 35.6 Å². The Bertz CT molecular complexity index is 561. The molecular formula is C14H16N4. The molecule has 0 aromatic carbocycles. The molecular weight excluding hydrogens is 224 g/mol. The summed E-state index contributed by atoms with van der Waals surface area (Å²) < 4.78 is 0. The Hall–Kier alpha value is -1.81. The average Bonchev–Trinajstić information content (AvgIpc) is 3.20. The van der Waals surface area contributed by atoms with Crippen LogP contribution in [0.15, 0.2) is 30.6 Å². The van der Waals surface area contributed by atoms with Crippen LogP contribution in [0.4, 0.5) is 0 Å². The van der Waals surface area contributed by atoms with E-state index in [0.29, 0.717) is 6.54 Å². The fourth-order valence-electron chi connectivity index (χ4n) is 2.14. The number of aromatic nitrogens is 3. The van der Waals surface area contributed by atoms with Gasteiger partial charge < -0.3 is 5.73 Å². The zero-order valence-electron chi connectivity index (χ0n) is 10.4. The van der Waals surface area contributed by atoms with Gasteiger partial charge in [-0.1, -0.05) is 0 Å². The Morgan fingerprint density at radius 1 is 1.33 bits per heavy atom. The van der Waals surface area contributed by atoms with Gasteiger partial charge in [0.25, 0.3) is 0 Å². The smallest absolute Gasteiger partial charge is 0.136 e. The van der Waals surface area contributed by atoms with Crippen molar-refractivity contribution in [2.24, 2.45) is 5.73 Å². The van der Waals surface area contributed by atoms with E-state index in [2.05, 4.69) is 15.0 Å². The van der Waals surface area contributed by atoms with E-state index in [4.69, 9.17) is 5.73 Å². The molecule has 0 atom stereocenters. The van der Waals surface area contributed by atoms with Crippen molar-refractivity contribution in [3.8, 4) is 11.3 Å². The first-order valence-electron chi connectivity index (χ1n) is 6.20. The van der Waals surface area contributed by atoms with Gasteiger partial charge in [0.1, 0.15) is 5.82 Å². The van der Waals surface area contributed by atoms with Gasteiger partial charge in [-0.3, -0.25) is 4.98 Å². The summed E-state index contributed by atoms with van der Waals surface area (Å²) in [5, 5.41) is 0. The van der Waals surface area contributed by atoms with Crippen molar-refractivity contribution in [2.45, 2.75) is 25.2 Å². The second kappa shape index (κ2) is 4.14. The van der Waals surface area contributed by atoms with E-state index in [-0.39, 0.29) is 5.41 Å². The van der Waals surface area contributed by atoms with Gasteiger partial charge in [-0.05, 0) is 38.0 Å². The topological polar surface area (TPSA) is 64.7 Å². The van der Waals surface area contributed by atoms with Crippen molar-refractivity contribution in [2.75, 3.05) is 6.54 Å². The summed E-state index contributed by atoms with van der Waals surface area (Å²) in [6, 6.07) is 5.93. The summed E-state index contributed by atoms with van der Waals surface area (Å²) in [6.07, 6.45) is 5.78. The molecule has 2 aromatic rings. The van der Waals surface area contributed by atoms with E-state index >= 15 is 0 Å². The van der Waals surface area contributed by atoms with Gasteiger partial charge in [-0.2, -0.15) is 0 Å². The monoisotopic (exact) mass is 240 g/mol. The van der Waals surface area contributed by atoms with Crippen LogP contribution in [0.3, 0.4) is 0 Å². The summed E-state index contributed by atoms with van der Waals surface area (Å²) >= 11 is 0. The van der Waals surface area contributed by atoms with E-state index in [0.717, 1.165) is 35.6 Å². The van der Waals surface area contributed by atoms with Crippen LogP contribution in [0.1, 0.15) is 24.4 Å². The lowest BCUT2D eigenvalue weighted by Gasteiger charge is -2.13. The summed E-state index contributed by atoms with van der Waals surface area (Å²) in [7, 11) is 0. The minimum Gasteiger partial charge on any atom is -0.329 e. The molecule has 0 spiro atoms. The highest BCUT2D eigenvalue weighted by Crippen LogP contribution is 2.45. The largest absolute Gasteiger partial charge is 0.329 e. The maximum absolute atomic E-state index is 5.85. The second-order valence-corrected chi connectivity index (χ2v) is 4.94. The highest BCUT2D eigenvalue weighted by molar-refractivity contribution is 5.58. The van der Waals surface area contributed by atoms with E-state index < -0.39 is 0 Å². The highest BCUT2D eigenvalue weighted by Gasteiger charge is 2.46. The molecule has 4 heteroatoms. The van der Waals surface area contributed by atoms with Gasteiger partial charge in [-0.15, -0.1) is 0 Å². The molecule has 0 amide bonds. The Balaban J connectivity index is 2.07. The van der Waals surface area contributed by atoms with Crippen LogP contribution in [-0.2, 0) is 5.41 Å². The van der Waals surface area contributed by atoms with E-state index in [1.807, 2.05) is 31.3 Å². The lowest BCUT2D eigenvalue weighted by molar-refractivity contribution is 0.646. The number of nitrogens with two attached hydrogens (primary N) is 1. The van der Waals surface area contributed by atoms with Crippen LogP contribution >= 0.6 is 0 Å². The van der Waals surface area contributed by atoms with Crippen LogP contribution in [0, 0.1) is 6.92 Å². The molecule has 3 rings (SSSR count). The molecule has 2 aromatic heterocycles. The number of rotatable bonds is 3. The first kappa shape index (κ1) is 11.3. The van der Waals surface area contributed by atoms with Crippen LogP contribution in [0.5, 0.6) is 0 Å². The molecule has 0 radical (unpaired) electrons. The molecule has 92 valence electrons. The third-order valence-electron chi connectivity index (χ3n) is 3.53. The molecule has 18 heavy (non-hydrogen) atoms. The van der Waals surface area contributed by atoms with Gasteiger partial charge in [0.15, 0.2) is 0 Å². The second-order valence-electron chi connectivity index (χ2n) is 4.94. The molecule has 0 unspecified atom stereocenters. The number of aryl methyl sites for hydroxylation is 1. The van der Waals surface area contributed by atoms with Crippen LogP contribution in [-0.4, -0.2) is 21.5 Å². The van der Waals surface area contributed by atoms with Crippen molar-refractivity contribution in [3.63, 3.8) is 0 Å². The maximum atomic E-state index is 5.85. The highest BCUT2D eigenvalue weighted by atomic mass is 14.9. The number of hydrogen-bond acceptors (Lipinski definition) is 4. The quantitative estimate of drug-likeness (QED) is 0.889. The molecule has 1 fully saturated rings. The minimum atomic E-state index is 0.0307. The molecule has 1 aliphatic carbocycles. The SMILES string of the molecule is Cc1cc(-c2cccnc2)nc(C2(CN)CC2)n1. The molecule has 0 aliphatic heterocycles. The fraction of sp³-hybridized carbons (Fsp3) is 0.357. The van der Waals surface area contributed by atoms with Gasteiger partial charge >= 0.3 is 0 Å². The summed E-state index contributed by atoms with van der Waals surface area (Å²) in [4.78, 5) is 13.4. The predicted octanol–water partition coefficient (Wildman–Crippen LogP) is 1.84. The van der Waals surface area contributed by atoms with Crippen LogP contribution < -0.4 is 5.73 Å². The molecule has 2 N–H and O–H groups in total. The Labute approximate surface area is 106 Å². The third kappa shape index (κ3) is 1.88. The normalized spacial score (nSPS) is 16.6. The lowest BCUT2D eigenvalue weighted by Crippen LogP contribution is -2.23. The van der Waals surface area contributed by atoms with Gasteiger partial charge in [0.05, 0.1) is 5.69 Å². The molecule has 1 aliphatic rings. The van der Waals surface area contributed by atoms with Crippen LogP contribution in [0.2, 0.25) is 0 Å². The first-order chi connectivity index (χ1) is 8.73. The van der Waals surface area contributed by atoms with Crippen molar-refractivity contribution >= 4 is 0 Å². The zero-order chi connectivity index (χ0) is 12.6. The van der Waals surface area contributed by atoms with Crippen molar-refractivity contribution in [1.29, 1.82) is 0 Å². The molecule has 1 saturated carbocycles. The molecule has 2 heterocycles. The first-order valence-corrected chi connectivity index (χ1v) is 6.20. The number of nitrogens with zero attached hydrogens (tertiary/aromatic N) is 3. The van der Waals surface area contributed by atoms with Crippen LogP contribution in [0.25, 0.3) is 11.3 Å². The van der Waals surface area contributed by atoms with E-state index in [9.17, 15) is 0 Å². The number of hydrogen-bond donors (Lipinski definition) is 1. The summed E-state index contributed by atoms with van der Waals surface area (Å²) in [5.74, 6) is 0.892. The Kier molecular flexibility index (Phi) is 2.59. The fourth-order valence-corrected chi connectivity index (χ4v) is 2.14. The van der Waals surface area contributed by atoms with Crippen molar-refractivity contribution in [1.82, 2.24) is 15.0 Å². The minimum absolute atomic E-state index is 0.0307.